The Morgan fingerprint density at radius 3 is 1.56 bits per heavy atom. The van der Waals surface area contributed by atoms with Gasteiger partial charge in [-0.1, -0.05) is 115 Å². The zero-order valence-electron chi connectivity index (χ0n) is 23.3. The molecular weight excluding hydrogens is 522 g/mol. The van der Waals surface area contributed by atoms with Gasteiger partial charge in [-0.2, -0.15) is 0 Å². The van der Waals surface area contributed by atoms with E-state index in [9.17, 15) is 0 Å². The van der Waals surface area contributed by atoms with Crippen molar-refractivity contribution in [2.45, 2.75) is 0 Å². The van der Waals surface area contributed by atoms with Crippen LogP contribution in [0.1, 0.15) is 0 Å². The topological polar surface area (TPSA) is 22.2 Å². The first-order valence-electron chi connectivity index (χ1n) is 14.3. The summed E-state index contributed by atoms with van der Waals surface area (Å²) < 4.78 is 2.19. The molecule has 0 saturated heterocycles. The number of nitrogens with zero attached hydrogens (tertiary/aromatic N) is 3. The average molecular weight is 548 g/mol. The summed E-state index contributed by atoms with van der Waals surface area (Å²) in [6.07, 6.45) is 0. The van der Waals surface area contributed by atoms with Crippen molar-refractivity contribution < 1.29 is 0 Å². The molecule has 0 bridgehead atoms. The van der Waals surface area contributed by atoms with E-state index in [0.717, 1.165) is 39.2 Å². The van der Waals surface area contributed by atoms with Crippen LogP contribution in [0.25, 0.3) is 76.8 Å². The molecule has 0 saturated carbocycles. The molecule has 0 aliphatic rings. The molecule has 0 atom stereocenters. The zero-order chi connectivity index (χ0) is 28.8. The fourth-order valence-electron chi connectivity index (χ4n) is 5.95. The van der Waals surface area contributed by atoms with Gasteiger partial charge in [0.25, 0.3) is 0 Å². The highest BCUT2D eigenvalue weighted by atomic mass is 15.1. The van der Waals surface area contributed by atoms with E-state index in [2.05, 4.69) is 143 Å². The number of hydrogen-bond acceptors (Lipinski definition) is 1. The fourth-order valence-corrected chi connectivity index (χ4v) is 5.95. The van der Waals surface area contributed by atoms with Crippen LogP contribution >= 0.6 is 0 Å². The Morgan fingerprint density at radius 2 is 0.977 bits per heavy atom. The minimum absolute atomic E-state index is 0.585. The summed E-state index contributed by atoms with van der Waals surface area (Å²) in [6, 6.07) is 53.1. The normalized spacial score (nSPS) is 11.2. The van der Waals surface area contributed by atoms with E-state index >= 15 is 0 Å². The summed E-state index contributed by atoms with van der Waals surface area (Å²) in [6.45, 7) is 7.51. The molecule has 0 unspecified atom stereocenters. The zero-order valence-corrected chi connectivity index (χ0v) is 23.3. The van der Waals surface area contributed by atoms with Gasteiger partial charge in [-0.25, -0.2) is 9.83 Å². The third kappa shape index (κ3) is 4.43. The van der Waals surface area contributed by atoms with Gasteiger partial charge in [0.2, 0.25) is 0 Å². The van der Waals surface area contributed by atoms with Gasteiger partial charge in [0.05, 0.1) is 17.6 Å². The van der Waals surface area contributed by atoms with E-state index in [4.69, 9.17) is 11.6 Å². The van der Waals surface area contributed by atoms with E-state index in [1.165, 1.54) is 32.7 Å². The molecule has 3 nitrogen and oxygen atoms in total. The van der Waals surface area contributed by atoms with Gasteiger partial charge in [-0.3, -0.25) is 4.57 Å². The van der Waals surface area contributed by atoms with Crippen molar-refractivity contribution >= 4 is 38.3 Å². The molecule has 0 amide bonds. The molecule has 0 aliphatic carbocycles. The van der Waals surface area contributed by atoms with Crippen LogP contribution < -0.4 is 0 Å². The Bertz CT molecular complexity index is 2340. The molecular formula is C40H25N3. The fraction of sp³-hybridized carbons (Fsp3) is 0. The molecule has 0 aliphatic heterocycles. The summed E-state index contributed by atoms with van der Waals surface area (Å²) in [5.74, 6) is 0.848. The number of hydrogen-bond donors (Lipinski definition) is 0. The number of rotatable bonds is 4. The molecule has 1 aromatic heterocycles. The van der Waals surface area contributed by atoms with Crippen molar-refractivity contribution in [2.75, 3.05) is 0 Å². The van der Waals surface area contributed by atoms with Crippen LogP contribution in [-0.2, 0) is 0 Å². The summed E-state index contributed by atoms with van der Waals surface area (Å²) in [7, 11) is 0. The molecule has 43 heavy (non-hydrogen) atoms. The van der Waals surface area contributed by atoms with Gasteiger partial charge >= 0.3 is 0 Å². The SMILES string of the molecule is [C-]#[N+]c1ccc2c(c1)nc(-c1ccc(-c3ccc4ccccc4c3)cc1)n2-c1ccc(-c2ccc3ccccc3c2)cc1. The number of aromatic nitrogens is 2. The highest BCUT2D eigenvalue weighted by Gasteiger charge is 2.16. The molecule has 0 spiro atoms. The lowest BCUT2D eigenvalue weighted by Gasteiger charge is -2.12. The molecule has 0 radical (unpaired) electrons. The van der Waals surface area contributed by atoms with Crippen molar-refractivity contribution in [1.29, 1.82) is 0 Å². The van der Waals surface area contributed by atoms with Crippen molar-refractivity contribution in [1.82, 2.24) is 9.55 Å². The molecule has 3 heteroatoms. The largest absolute Gasteiger partial charge is 0.292 e. The summed E-state index contributed by atoms with van der Waals surface area (Å²) >= 11 is 0. The molecule has 0 fully saturated rings. The van der Waals surface area contributed by atoms with Gasteiger partial charge in [-0.15, -0.1) is 0 Å². The van der Waals surface area contributed by atoms with Crippen LogP contribution in [0.5, 0.6) is 0 Å². The standard InChI is InChI=1S/C40H25N3/c1-41-36-20-23-39-38(26-36)42-40(31-14-10-29(11-15-31)34-16-12-27-6-2-4-8-32(27)24-34)43(39)37-21-18-30(19-22-37)35-17-13-28-7-3-5-9-33(28)25-35/h2-26H. The van der Waals surface area contributed by atoms with Crippen LogP contribution in [0.2, 0.25) is 0 Å². The highest BCUT2D eigenvalue weighted by Crippen LogP contribution is 2.34. The number of imidazole rings is 1. The predicted molar refractivity (Wildman–Crippen MR) is 179 cm³/mol. The number of benzene rings is 7. The van der Waals surface area contributed by atoms with Gasteiger partial charge in [0.1, 0.15) is 5.82 Å². The van der Waals surface area contributed by atoms with Crippen LogP contribution in [0.4, 0.5) is 5.69 Å². The van der Waals surface area contributed by atoms with Crippen molar-refractivity contribution in [3.63, 3.8) is 0 Å². The van der Waals surface area contributed by atoms with E-state index in [-0.39, 0.29) is 0 Å². The second-order valence-corrected chi connectivity index (χ2v) is 10.8. The lowest BCUT2D eigenvalue weighted by Crippen LogP contribution is -1.97. The maximum absolute atomic E-state index is 7.51. The lowest BCUT2D eigenvalue weighted by atomic mass is 10.00. The molecule has 1 heterocycles. The van der Waals surface area contributed by atoms with Gasteiger partial charge in [0.15, 0.2) is 5.69 Å². The van der Waals surface area contributed by atoms with Crippen LogP contribution in [0.3, 0.4) is 0 Å². The predicted octanol–water partition coefficient (Wildman–Crippen LogP) is 10.9. The summed E-state index contributed by atoms with van der Waals surface area (Å²) in [5, 5.41) is 4.94. The Labute approximate surface area is 249 Å². The summed E-state index contributed by atoms with van der Waals surface area (Å²) in [4.78, 5) is 8.68. The molecule has 7 aromatic carbocycles. The monoisotopic (exact) mass is 547 g/mol. The van der Waals surface area contributed by atoms with Crippen LogP contribution in [0.15, 0.2) is 152 Å². The van der Waals surface area contributed by atoms with Crippen molar-refractivity contribution in [3.8, 4) is 39.3 Å². The second-order valence-electron chi connectivity index (χ2n) is 10.8. The van der Waals surface area contributed by atoms with Crippen LogP contribution in [0, 0.1) is 6.57 Å². The maximum atomic E-state index is 7.51. The van der Waals surface area contributed by atoms with Gasteiger partial charge < -0.3 is 0 Å². The number of fused-ring (bicyclic) bond motifs is 3. The lowest BCUT2D eigenvalue weighted by molar-refractivity contribution is 1.10. The molecule has 8 rings (SSSR count). The maximum Gasteiger partial charge on any atom is 0.189 e. The minimum Gasteiger partial charge on any atom is -0.292 e. The molecule has 0 N–H and O–H groups in total. The average Bonchev–Trinajstić information content (AvgIpc) is 3.47. The minimum atomic E-state index is 0.585. The third-order valence-electron chi connectivity index (χ3n) is 8.20. The summed E-state index contributed by atoms with van der Waals surface area (Å²) in [5.41, 5.74) is 9.10. The smallest absolute Gasteiger partial charge is 0.189 e. The van der Waals surface area contributed by atoms with Crippen LogP contribution in [-0.4, -0.2) is 9.55 Å². The Kier molecular flexibility index (Phi) is 5.84. The Hall–Kier alpha value is -5.98. The quantitative estimate of drug-likeness (QED) is 0.201. The Balaban J connectivity index is 1.21. The first kappa shape index (κ1) is 24.8. The van der Waals surface area contributed by atoms with E-state index in [0.29, 0.717) is 5.69 Å². The van der Waals surface area contributed by atoms with E-state index < -0.39 is 0 Å². The van der Waals surface area contributed by atoms with Crippen molar-refractivity contribution in [3.05, 3.63) is 163 Å². The van der Waals surface area contributed by atoms with Gasteiger partial charge in [0, 0.05) is 11.3 Å². The molecule has 8 aromatic rings. The van der Waals surface area contributed by atoms with Crippen molar-refractivity contribution in [2.24, 2.45) is 0 Å². The van der Waals surface area contributed by atoms with Gasteiger partial charge in [-0.05, 0) is 80.2 Å². The first-order valence-corrected chi connectivity index (χ1v) is 14.3. The second kappa shape index (κ2) is 10.1. The van der Waals surface area contributed by atoms with E-state index in [1.807, 2.05) is 18.2 Å². The first-order chi connectivity index (χ1) is 21.2. The third-order valence-corrected chi connectivity index (χ3v) is 8.20. The molecule has 200 valence electrons. The highest BCUT2D eigenvalue weighted by molar-refractivity contribution is 5.90. The Morgan fingerprint density at radius 1 is 0.465 bits per heavy atom. The van der Waals surface area contributed by atoms with E-state index in [1.54, 1.807) is 0 Å².